The van der Waals surface area contributed by atoms with Gasteiger partial charge in [0, 0.05) is 0 Å². The number of halogens is 1. The lowest BCUT2D eigenvalue weighted by molar-refractivity contribution is -0.143. The Balaban J connectivity index is 3.06. The van der Waals surface area contributed by atoms with Crippen LogP contribution in [-0.4, -0.2) is 19.1 Å². The van der Waals surface area contributed by atoms with Crippen molar-refractivity contribution in [3.05, 3.63) is 0 Å². The molecule has 54 valence electrons. The fraction of sp³-hybridized carbons (Fsp3) is 0.750. The molecule has 0 spiro atoms. The number of hydrogen-bond acceptors (Lipinski definition) is 4. The minimum absolute atomic E-state index is 0.0304. The van der Waals surface area contributed by atoms with E-state index >= 15 is 0 Å². The number of rotatable bonds is 4. The highest BCUT2D eigenvalue weighted by Gasteiger charge is 1.97. The standard InChI is InChI=1S/C4H8ClNO3/c1-2-8-4(7)3-6-9-5/h6H,2-3H2,1H3. The zero-order valence-electron chi connectivity index (χ0n) is 5.02. The smallest absolute Gasteiger partial charge is 0.322 e. The lowest BCUT2D eigenvalue weighted by Crippen LogP contribution is -2.22. The number of hydrogen-bond donors (Lipinski definition) is 1. The van der Waals surface area contributed by atoms with Crippen molar-refractivity contribution in [1.29, 1.82) is 0 Å². The summed E-state index contributed by atoms with van der Waals surface area (Å²) < 4.78 is 8.38. The molecule has 0 unspecified atom stereocenters. The molecule has 0 amide bonds. The molecule has 0 aromatic heterocycles. The summed E-state index contributed by atoms with van der Waals surface area (Å²) in [6.45, 7) is 2.06. The van der Waals surface area contributed by atoms with Crippen LogP contribution in [0.25, 0.3) is 0 Å². The lowest BCUT2D eigenvalue weighted by Gasteiger charge is -1.98. The van der Waals surface area contributed by atoms with Gasteiger partial charge in [0.25, 0.3) is 0 Å². The molecule has 0 saturated heterocycles. The normalized spacial score (nSPS) is 9.11. The Morgan fingerprint density at radius 2 is 2.44 bits per heavy atom. The first-order valence-electron chi connectivity index (χ1n) is 2.47. The first-order chi connectivity index (χ1) is 4.31. The summed E-state index contributed by atoms with van der Waals surface area (Å²) in [5, 5.41) is 0. The Morgan fingerprint density at radius 1 is 1.78 bits per heavy atom. The molecule has 4 nitrogen and oxygen atoms in total. The molecule has 0 rings (SSSR count). The fourth-order valence-electron chi connectivity index (χ4n) is 0.298. The molecule has 1 N–H and O–H groups in total. The Labute approximate surface area is 58.2 Å². The SMILES string of the molecule is CCOC(=O)CNOCl. The van der Waals surface area contributed by atoms with Crippen LogP contribution in [0.4, 0.5) is 0 Å². The summed E-state index contributed by atoms with van der Waals surface area (Å²) in [4.78, 5) is 10.4. The van der Waals surface area contributed by atoms with E-state index < -0.39 is 5.97 Å². The average molecular weight is 154 g/mol. The Bertz CT molecular complexity index is 87.9. The van der Waals surface area contributed by atoms with Crippen molar-refractivity contribution in [2.24, 2.45) is 0 Å². The number of carbonyl (C=O) groups excluding carboxylic acids is 1. The summed E-state index contributed by atoms with van der Waals surface area (Å²) in [5.41, 5.74) is 2.12. The molecule has 9 heavy (non-hydrogen) atoms. The summed E-state index contributed by atoms with van der Waals surface area (Å²) in [6, 6.07) is 0. The van der Waals surface area contributed by atoms with Gasteiger partial charge in [-0.15, -0.1) is 0 Å². The molecule has 0 aliphatic rings. The van der Waals surface area contributed by atoms with Crippen molar-refractivity contribution in [1.82, 2.24) is 5.48 Å². The third kappa shape index (κ3) is 5.55. The lowest BCUT2D eigenvalue weighted by atomic mass is 10.7. The second-order valence-corrected chi connectivity index (χ2v) is 1.36. The maximum atomic E-state index is 10.4. The Kier molecular flexibility index (Phi) is 5.60. The predicted octanol–water partition coefficient (Wildman–Crippen LogP) is 0.224. The first kappa shape index (κ1) is 8.68. The van der Waals surface area contributed by atoms with E-state index in [1.54, 1.807) is 6.92 Å². The Morgan fingerprint density at radius 3 is 2.89 bits per heavy atom. The number of carbonyl (C=O) groups is 1. The van der Waals surface area contributed by atoms with Crippen molar-refractivity contribution in [2.75, 3.05) is 13.2 Å². The highest BCUT2D eigenvalue weighted by Crippen LogP contribution is 1.76. The molecular formula is C4H8ClNO3. The van der Waals surface area contributed by atoms with E-state index in [9.17, 15) is 4.79 Å². The molecule has 0 fully saturated rings. The molecule has 0 saturated carbocycles. The molecule has 0 aliphatic carbocycles. The van der Waals surface area contributed by atoms with Crippen LogP contribution in [0.1, 0.15) is 6.92 Å². The van der Waals surface area contributed by atoms with Crippen molar-refractivity contribution >= 4 is 17.8 Å². The highest BCUT2D eigenvalue weighted by molar-refractivity contribution is 6.07. The molecule has 0 aromatic carbocycles. The van der Waals surface area contributed by atoms with Gasteiger partial charge < -0.3 is 4.74 Å². The molecule has 0 aromatic rings. The minimum atomic E-state index is -0.391. The third-order valence-electron chi connectivity index (χ3n) is 0.576. The summed E-state index contributed by atoms with van der Waals surface area (Å²) in [7, 11) is 0. The third-order valence-corrected chi connectivity index (χ3v) is 0.685. The zero-order chi connectivity index (χ0) is 7.11. The number of esters is 1. The molecule has 0 heterocycles. The molecular weight excluding hydrogens is 146 g/mol. The zero-order valence-corrected chi connectivity index (χ0v) is 5.77. The van der Waals surface area contributed by atoms with Crippen LogP contribution < -0.4 is 5.48 Å². The fourth-order valence-corrected chi connectivity index (χ4v) is 0.353. The van der Waals surface area contributed by atoms with Crippen LogP contribution in [-0.2, 0) is 13.9 Å². The van der Waals surface area contributed by atoms with Gasteiger partial charge in [-0.3, -0.25) is 4.79 Å². The van der Waals surface area contributed by atoms with Crippen LogP contribution >= 0.6 is 11.9 Å². The Hall–Kier alpha value is -0.320. The van der Waals surface area contributed by atoms with Crippen molar-refractivity contribution < 1.29 is 13.9 Å². The van der Waals surface area contributed by atoms with E-state index in [1.165, 1.54) is 0 Å². The second-order valence-electron chi connectivity index (χ2n) is 1.20. The molecule has 0 bridgehead atoms. The molecule has 0 atom stereocenters. The summed E-state index contributed by atoms with van der Waals surface area (Å²) >= 11 is 4.73. The minimum Gasteiger partial charge on any atom is -0.465 e. The van der Waals surface area contributed by atoms with Crippen LogP contribution in [0.3, 0.4) is 0 Å². The highest BCUT2D eigenvalue weighted by atomic mass is 35.5. The maximum absolute atomic E-state index is 10.4. The molecule has 5 heteroatoms. The number of nitrogens with one attached hydrogen (secondary N) is 1. The molecule has 0 radical (unpaired) electrons. The predicted molar refractivity (Wildman–Crippen MR) is 31.6 cm³/mol. The topological polar surface area (TPSA) is 47.6 Å². The van der Waals surface area contributed by atoms with Crippen LogP contribution in [0.2, 0.25) is 0 Å². The van der Waals surface area contributed by atoms with Crippen LogP contribution in [0.5, 0.6) is 0 Å². The van der Waals surface area contributed by atoms with Crippen molar-refractivity contribution in [2.45, 2.75) is 6.92 Å². The molecule has 0 aliphatic heterocycles. The van der Waals surface area contributed by atoms with Gasteiger partial charge in [-0.05, 0) is 6.92 Å². The van der Waals surface area contributed by atoms with Crippen molar-refractivity contribution in [3.8, 4) is 0 Å². The average Bonchev–Trinajstić information content (AvgIpc) is 1.85. The van der Waals surface area contributed by atoms with Gasteiger partial charge in [0.15, 0.2) is 0 Å². The van der Waals surface area contributed by atoms with Crippen molar-refractivity contribution in [3.63, 3.8) is 0 Å². The van der Waals surface area contributed by atoms with Gasteiger partial charge >= 0.3 is 5.97 Å². The number of hydroxylamine groups is 1. The van der Waals surface area contributed by atoms with E-state index in [4.69, 9.17) is 11.9 Å². The van der Waals surface area contributed by atoms with Gasteiger partial charge in [0.1, 0.15) is 6.54 Å². The monoisotopic (exact) mass is 153 g/mol. The quantitative estimate of drug-likeness (QED) is 0.464. The van der Waals surface area contributed by atoms with Gasteiger partial charge in [-0.1, -0.05) is 0 Å². The van der Waals surface area contributed by atoms with Crippen LogP contribution in [0.15, 0.2) is 0 Å². The summed E-state index contributed by atoms with van der Waals surface area (Å²) in [6.07, 6.45) is 0. The largest absolute Gasteiger partial charge is 0.465 e. The van der Waals surface area contributed by atoms with E-state index in [1.807, 2.05) is 0 Å². The van der Waals surface area contributed by atoms with Gasteiger partial charge in [0.2, 0.25) is 0 Å². The maximum Gasteiger partial charge on any atom is 0.322 e. The van der Waals surface area contributed by atoms with Gasteiger partial charge in [-0.2, -0.15) is 9.87 Å². The van der Waals surface area contributed by atoms with Gasteiger partial charge in [0.05, 0.1) is 18.5 Å². The number of ether oxygens (including phenoxy) is 1. The van der Waals surface area contributed by atoms with Gasteiger partial charge in [-0.25, -0.2) is 0 Å². The van der Waals surface area contributed by atoms with E-state index in [0.717, 1.165) is 0 Å². The van der Waals surface area contributed by atoms with E-state index in [-0.39, 0.29) is 6.54 Å². The summed E-state index contributed by atoms with van der Waals surface area (Å²) in [5.74, 6) is -0.391. The first-order valence-corrected chi connectivity index (χ1v) is 2.78. The van der Waals surface area contributed by atoms with Crippen LogP contribution in [0, 0.1) is 0 Å². The van der Waals surface area contributed by atoms with E-state index in [2.05, 4.69) is 14.6 Å². The van der Waals surface area contributed by atoms with E-state index in [0.29, 0.717) is 6.61 Å². The second kappa shape index (κ2) is 5.81.